The first-order chi connectivity index (χ1) is 6.70. The predicted octanol–water partition coefficient (Wildman–Crippen LogP) is 2.70. The van der Waals surface area contributed by atoms with Crippen LogP contribution < -0.4 is 5.50 Å². The third-order valence-electron chi connectivity index (χ3n) is 2.96. The molecule has 0 aromatic heterocycles. The van der Waals surface area contributed by atoms with Gasteiger partial charge in [0.15, 0.2) is 0 Å². The standard InChI is InChI=1S/C11H18NOP/c1-3-8(2)14(12)13-11-5-4-9-6-10(9)7-11/h4-5,7,9-10,14H,3,6,12H2,1-2H3. The average Bonchev–Trinajstić information content (AvgIpc) is 2.94. The molecule has 3 heteroatoms. The van der Waals surface area contributed by atoms with Crippen molar-refractivity contribution in [2.24, 2.45) is 17.3 Å². The fourth-order valence-electron chi connectivity index (χ4n) is 1.59. The second kappa shape index (κ2) is 3.96. The Kier molecular flexibility index (Phi) is 2.85. The summed E-state index contributed by atoms with van der Waals surface area (Å²) in [5, 5.41) is 1.29. The van der Waals surface area contributed by atoms with E-state index in [9.17, 15) is 0 Å². The van der Waals surface area contributed by atoms with E-state index in [4.69, 9.17) is 10.0 Å². The van der Waals surface area contributed by atoms with Crippen molar-refractivity contribution in [2.45, 2.75) is 26.7 Å². The van der Waals surface area contributed by atoms with E-state index in [2.05, 4.69) is 32.1 Å². The van der Waals surface area contributed by atoms with Crippen molar-refractivity contribution < 1.29 is 4.52 Å². The van der Waals surface area contributed by atoms with Gasteiger partial charge < -0.3 is 4.52 Å². The van der Waals surface area contributed by atoms with Gasteiger partial charge in [-0.15, -0.1) is 0 Å². The molecule has 0 heterocycles. The SMILES string of the molecule is CC/C(C)=[PH](/N)OC1=CC2CC2C=C1. The van der Waals surface area contributed by atoms with Crippen LogP contribution in [0, 0.1) is 11.8 Å². The Hall–Kier alpha value is -0.460. The molecule has 0 spiro atoms. The Morgan fingerprint density at radius 1 is 1.64 bits per heavy atom. The van der Waals surface area contributed by atoms with Crippen LogP contribution in [-0.2, 0) is 4.52 Å². The number of fused-ring (bicyclic) bond motifs is 1. The van der Waals surface area contributed by atoms with Gasteiger partial charge in [0.05, 0.1) is 0 Å². The zero-order valence-corrected chi connectivity index (χ0v) is 9.79. The van der Waals surface area contributed by atoms with Gasteiger partial charge in [-0.2, -0.15) is 0 Å². The lowest BCUT2D eigenvalue weighted by atomic mass is 10.2. The van der Waals surface area contributed by atoms with E-state index < -0.39 is 7.92 Å². The Morgan fingerprint density at radius 3 is 3.07 bits per heavy atom. The minimum Gasteiger partial charge on any atom is -0.466 e. The quantitative estimate of drug-likeness (QED) is 0.728. The van der Waals surface area contributed by atoms with Gasteiger partial charge in [0, 0.05) is 0 Å². The summed E-state index contributed by atoms with van der Waals surface area (Å²) in [6, 6.07) is 0. The van der Waals surface area contributed by atoms with Crippen molar-refractivity contribution in [3.8, 4) is 0 Å². The normalized spacial score (nSPS) is 31.6. The lowest BCUT2D eigenvalue weighted by Gasteiger charge is -2.12. The molecule has 2 aliphatic carbocycles. The molecule has 0 bridgehead atoms. The molecule has 0 radical (unpaired) electrons. The highest BCUT2D eigenvalue weighted by Gasteiger charge is 2.35. The molecule has 2 nitrogen and oxygen atoms in total. The van der Waals surface area contributed by atoms with Crippen LogP contribution in [0.15, 0.2) is 24.0 Å². The molecule has 0 aromatic rings. The smallest absolute Gasteiger partial charge is 0.120 e. The molecule has 0 aromatic carbocycles. The number of rotatable bonds is 3. The van der Waals surface area contributed by atoms with Crippen LogP contribution in [0.25, 0.3) is 0 Å². The van der Waals surface area contributed by atoms with Gasteiger partial charge >= 0.3 is 0 Å². The molecule has 0 aliphatic heterocycles. The van der Waals surface area contributed by atoms with E-state index in [1.165, 1.54) is 11.7 Å². The average molecular weight is 211 g/mol. The van der Waals surface area contributed by atoms with Gasteiger partial charge in [-0.25, -0.2) is 0 Å². The largest absolute Gasteiger partial charge is 0.466 e. The minimum absolute atomic E-state index is 0.742. The van der Waals surface area contributed by atoms with E-state index in [0.29, 0.717) is 0 Å². The summed E-state index contributed by atoms with van der Waals surface area (Å²) in [5.74, 6) is 2.53. The molecule has 2 N–H and O–H groups in total. The fraction of sp³-hybridized carbons (Fsp3) is 0.545. The van der Waals surface area contributed by atoms with Gasteiger partial charge in [-0.05, 0) is 49.0 Å². The zero-order chi connectivity index (χ0) is 10.1. The van der Waals surface area contributed by atoms with Crippen LogP contribution in [0.5, 0.6) is 0 Å². The van der Waals surface area contributed by atoms with Crippen molar-refractivity contribution in [3.63, 3.8) is 0 Å². The predicted molar refractivity (Wildman–Crippen MR) is 63.4 cm³/mol. The fourth-order valence-corrected chi connectivity index (χ4v) is 2.50. The Morgan fingerprint density at radius 2 is 2.43 bits per heavy atom. The minimum atomic E-state index is -1.22. The number of nitrogens with two attached hydrogens (primary N) is 1. The van der Waals surface area contributed by atoms with Crippen LogP contribution in [-0.4, -0.2) is 5.29 Å². The van der Waals surface area contributed by atoms with Crippen LogP contribution in [0.2, 0.25) is 0 Å². The summed E-state index contributed by atoms with van der Waals surface area (Å²) in [5.41, 5.74) is 5.99. The maximum atomic E-state index is 5.99. The van der Waals surface area contributed by atoms with Crippen molar-refractivity contribution in [3.05, 3.63) is 24.0 Å². The summed E-state index contributed by atoms with van der Waals surface area (Å²) in [4.78, 5) is 0. The van der Waals surface area contributed by atoms with Crippen molar-refractivity contribution in [2.75, 3.05) is 0 Å². The molecular weight excluding hydrogens is 193 g/mol. The topological polar surface area (TPSA) is 35.2 Å². The lowest BCUT2D eigenvalue weighted by Crippen LogP contribution is -1.98. The molecule has 3 unspecified atom stereocenters. The molecule has 78 valence electrons. The molecule has 0 amide bonds. The number of hydrogen-bond acceptors (Lipinski definition) is 2. The summed E-state index contributed by atoms with van der Waals surface area (Å²) < 4.78 is 5.76. The van der Waals surface area contributed by atoms with E-state index in [-0.39, 0.29) is 0 Å². The summed E-state index contributed by atoms with van der Waals surface area (Å²) in [6.45, 7) is 4.21. The van der Waals surface area contributed by atoms with Crippen LogP contribution in [0.3, 0.4) is 0 Å². The van der Waals surface area contributed by atoms with Gasteiger partial charge in [0.1, 0.15) is 13.7 Å². The Labute approximate surface area is 86.4 Å². The highest BCUT2D eigenvalue weighted by molar-refractivity contribution is 7.51. The van der Waals surface area contributed by atoms with Gasteiger partial charge in [-0.3, -0.25) is 5.50 Å². The maximum Gasteiger partial charge on any atom is 0.120 e. The Balaban J connectivity index is 2.01. The third kappa shape index (κ3) is 2.13. The first-order valence-corrected chi connectivity index (χ1v) is 6.72. The zero-order valence-electron chi connectivity index (χ0n) is 8.79. The highest BCUT2D eigenvalue weighted by atomic mass is 31.1. The maximum absolute atomic E-state index is 5.99. The van der Waals surface area contributed by atoms with E-state index in [0.717, 1.165) is 24.0 Å². The molecule has 2 rings (SSSR count). The second-order valence-corrected chi connectivity index (χ2v) is 5.88. The van der Waals surface area contributed by atoms with E-state index >= 15 is 0 Å². The van der Waals surface area contributed by atoms with Crippen LogP contribution in [0.4, 0.5) is 0 Å². The van der Waals surface area contributed by atoms with E-state index in [1.54, 1.807) is 0 Å². The summed E-state index contributed by atoms with van der Waals surface area (Å²) >= 11 is 0. The van der Waals surface area contributed by atoms with Crippen LogP contribution >= 0.6 is 7.92 Å². The molecule has 14 heavy (non-hydrogen) atoms. The molecule has 3 atom stereocenters. The number of hydrogen-bond donors (Lipinski definition) is 1. The lowest BCUT2D eigenvalue weighted by molar-refractivity contribution is 0.496. The molecule has 1 fully saturated rings. The molecule has 0 saturated heterocycles. The van der Waals surface area contributed by atoms with Crippen molar-refractivity contribution >= 4 is 13.2 Å². The molecular formula is C11H18NOP. The van der Waals surface area contributed by atoms with Gasteiger partial charge in [0.25, 0.3) is 0 Å². The third-order valence-corrected chi connectivity index (χ3v) is 4.61. The Bertz CT molecular complexity index is 330. The first-order valence-electron chi connectivity index (χ1n) is 5.23. The van der Waals surface area contributed by atoms with Crippen molar-refractivity contribution in [1.29, 1.82) is 0 Å². The van der Waals surface area contributed by atoms with Crippen molar-refractivity contribution in [1.82, 2.24) is 0 Å². The van der Waals surface area contributed by atoms with Gasteiger partial charge in [-0.1, -0.05) is 13.0 Å². The highest BCUT2D eigenvalue weighted by Crippen LogP contribution is 2.45. The first kappa shape index (κ1) is 10.1. The van der Waals surface area contributed by atoms with E-state index in [1.807, 2.05) is 0 Å². The molecule has 2 aliphatic rings. The molecule has 1 saturated carbocycles. The van der Waals surface area contributed by atoms with Gasteiger partial charge in [0.2, 0.25) is 0 Å². The summed E-state index contributed by atoms with van der Waals surface area (Å²) in [6.07, 6.45) is 8.87. The second-order valence-electron chi connectivity index (χ2n) is 4.09. The number of allylic oxidation sites excluding steroid dienone is 3. The summed E-state index contributed by atoms with van der Waals surface area (Å²) in [7, 11) is -1.22. The van der Waals surface area contributed by atoms with Crippen LogP contribution in [0.1, 0.15) is 26.7 Å². The monoisotopic (exact) mass is 211 g/mol.